The molecule has 26 heavy (non-hydrogen) atoms. The SMILES string of the molecule is CC(c1ccc(Cl)cc1)N1CCN(C(=O)c2csc(CN)n2)CC1.Cl.Cl. The molecule has 2 N–H and O–H groups in total. The molecule has 144 valence electrons. The zero-order chi connectivity index (χ0) is 17.1. The highest BCUT2D eigenvalue weighted by Gasteiger charge is 2.26. The summed E-state index contributed by atoms with van der Waals surface area (Å²) in [7, 11) is 0. The van der Waals surface area contributed by atoms with E-state index in [-0.39, 0.29) is 30.7 Å². The summed E-state index contributed by atoms with van der Waals surface area (Å²) >= 11 is 7.40. The van der Waals surface area contributed by atoms with E-state index in [1.807, 2.05) is 17.0 Å². The first-order chi connectivity index (χ1) is 11.6. The summed E-state index contributed by atoms with van der Waals surface area (Å²) in [6.45, 7) is 5.70. The number of nitrogens with zero attached hydrogens (tertiary/aromatic N) is 3. The number of hydrogen-bond donors (Lipinski definition) is 1. The quantitative estimate of drug-likeness (QED) is 0.793. The van der Waals surface area contributed by atoms with Crippen molar-refractivity contribution in [2.45, 2.75) is 19.5 Å². The van der Waals surface area contributed by atoms with Gasteiger partial charge in [0.15, 0.2) is 0 Å². The van der Waals surface area contributed by atoms with E-state index in [9.17, 15) is 4.79 Å². The van der Waals surface area contributed by atoms with Gasteiger partial charge in [0.05, 0.1) is 0 Å². The molecule has 1 aliphatic rings. The van der Waals surface area contributed by atoms with Crippen molar-refractivity contribution in [3.8, 4) is 0 Å². The second-order valence-electron chi connectivity index (χ2n) is 5.89. The fourth-order valence-electron chi connectivity index (χ4n) is 2.93. The topological polar surface area (TPSA) is 62.5 Å². The van der Waals surface area contributed by atoms with Crippen molar-refractivity contribution in [2.75, 3.05) is 26.2 Å². The van der Waals surface area contributed by atoms with Crippen molar-refractivity contribution in [3.63, 3.8) is 0 Å². The van der Waals surface area contributed by atoms with Crippen LogP contribution in [0.15, 0.2) is 29.6 Å². The van der Waals surface area contributed by atoms with Gasteiger partial charge in [-0.15, -0.1) is 36.2 Å². The summed E-state index contributed by atoms with van der Waals surface area (Å²) < 4.78 is 0. The summed E-state index contributed by atoms with van der Waals surface area (Å²) in [6.07, 6.45) is 0. The molecule has 1 aromatic carbocycles. The Kier molecular flexibility index (Phi) is 9.30. The predicted octanol–water partition coefficient (Wildman–Crippen LogP) is 3.62. The molecule has 0 bridgehead atoms. The molecule has 1 saturated heterocycles. The van der Waals surface area contributed by atoms with Crippen molar-refractivity contribution in [1.29, 1.82) is 0 Å². The largest absolute Gasteiger partial charge is 0.335 e. The van der Waals surface area contributed by atoms with Gasteiger partial charge in [0.1, 0.15) is 10.7 Å². The van der Waals surface area contributed by atoms with Gasteiger partial charge in [0, 0.05) is 49.2 Å². The van der Waals surface area contributed by atoms with Crippen LogP contribution in [-0.4, -0.2) is 46.9 Å². The van der Waals surface area contributed by atoms with Crippen LogP contribution >= 0.6 is 47.8 Å². The van der Waals surface area contributed by atoms with Crippen LogP contribution in [0.1, 0.15) is 34.0 Å². The molecule has 1 atom stereocenters. The number of benzene rings is 1. The Hall–Kier alpha value is -0.890. The van der Waals surface area contributed by atoms with E-state index in [1.54, 1.807) is 5.38 Å². The number of halogens is 3. The number of carbonyl (C=O) groups excluding carboxylic acids is 1. The van der Waals surface area contributed by atoms with Crippen LogP contribution in [0.2, 0.25) is 5.02 Å². The third-order valence-corrected chi connectivity index (χ3v) is 5.57. The molecule has 1 amide bonds. The maximum absolute atomic E-state index is 12.5. The van der Waals surface area contributed by atoms with E-state index in [2.05, 4.69) is 28.9 Å². The molecule has 1 aromatic heterocycles. The first-order valence-electron chi connectivity index (χ1n) is 8.01. The molecule has 2 heterocycles. The highest BCUT2D eigenvalue weighted by molar-refractivity contribution is 7.09. The monoisotopic (exact) mass is 436 g/mol. The van der Waals surface area contributed by atoms with Crippen molar-refractivity contribution in [1.82, 2.24) is 14.8 Å². The number of hydrogen-bond acceptors (Lipinski definition) is 5. The van der Waals surface area contributed by atoms with Crippen molar-refractivity contribution < 1.29 is 4.79 Å². The van der Waals surface area contributed by atoms with Crippen LogP contribution in [0, 0.1) is 0 Å². The molecule has 2 aromatic rings. The fraction of sp³-hybridized carbons (Fsp3) is 0.412. The van der Waals surface area contributed by atoms with Crippen LogP contribution in [-0.2, 0) is 6.54 Å². The molecule has 0 aliphatic carbocycles. The number of rotatable bonds is 4. The van der Waals surface area contributed by atoms with Gasteiger partial charge in [-0.25, -0.2) is 4.98 Å². The summed E-state index contributed by atoms with van der Waals surface area (Å²) in [5.41, 5.74) is 7.32. The van der Waals surface area contributed by atoms with Crippen molar-refractivity contribution in [3.05, 3.63) is 50.9 Å². The Labute approximate surface area is 175 Å². The highest BCUT2D eigenvalue weighted by Crippen LogP contribution is 2.23. The number of thiazole rings is 1. The smallest absolute Gasteiger partial charge is 0.273 e. The summed E-state index contributed by atoms with van der Waals surface area (Å²) in [4.78, 5) is 21.1. The normalized spacial score (nSPS) is 15.7. The van der Waals surface area contributed by atoms with E-state index in [0.29, 0.717) is 31.4 Å². The van der Waals surface area contributed by atoms with E-state index in [1.165, 1.54) is 16.9 Å². The van der Waals surface area contributed by atoms with E-state index in [0.717, 1.165) is 23.1 Å². The van der Waals surface area contributed by atoms with Crippen LogP contribution in [0.5, 0.6) is 0 Å². The number of amides is 1. The molecule has 0 spiro atoms. The van der Waals surface area contributed by atoms with Crippen molar-refractivity contribution in [2.24, 2.45) is 5.73 Å². The lowest BCUT2D eigenvalue weighted by Crippen LogP contribution is -2.49. The van der Waals surface area contributed by atoms with Gasteiger partial charge >= 0.3 is 0 Å². The fourth-order valence-corrected chi connectivity index (χ4v) is 3.70. The minimum atomic E-state index is 0. The molecule has 3 rings (SSSR count). The number of piperazine rings is 1. The standard InChI is InChI=1S/C17H21ClN4OS.2ClH/c1-12(13-2-4-14(18)5-3-13)21-6-8-22(9-7-21)17(23)15-11-24-16(10-19)20-15;;/h2-5,11-12H,6-10,19H2,1H3;2*1H. The van der Waals surface area contributed by atoms with Crippen LogP contribution in [0.25, 0.3) is 0 Å². The van der Waals surface area contributed by atoms with E-state index in [4.69, 9.17) is 17.3 Å². The van der Waals surface area contributed by atoms with Crippen LogP contribution in [0.4, 0.5) is 0 Å². The molecule has 1 unspecified atom stereocenters. The first-order valence-corrected chi connectivity index (χ1v) is 9.27. The first kappa shape index (κ1) is 23.1. The second kappa shape index (κ2) is 10.4. The lowest BCUT2D eigenvalue weighted by Gasteiger charge is -2.38. The molecule has 9 heteroatoms. The number of carbonyl (C=O) groups is 1. The molecule has 5 nitrogen and oxygen atoms in total. The third kappa shape index (κ3) is 5.31. The van der Waals surface area contributed by atoms with Crippen LogP contribution < -0.4 is 5.73 Å². The molecule has 0 saturated carbocycles. The number of aromatic nitrogens is 1. The maximum atomic E-state index is 12.5. The van der Waals surface area contributed by atoms with Gasteiger partial charge in [-0.1, -0.05) is 23.7 Å². The Morgan fingerprint density at radius 2 is 1.85 bits per heavy atom. The molecule has 1 aliphatic heterocycles. The minimum Gasteiger partial charge on any atom is -0.335 e. The molecule has 1 fully saturated rings. The predicted molar refractivity (Wildman–Crippen MR) is 112 cm³/mol. The van der Waals surface area contributed by atoms with Gasteiger partial charge in [0.25, 0.3) is 5.91 Å². The van der Waals surface area contributed by atoms with E-state index < -0.39 is 0 Å². The molecular weight excluding hydrogens is 415 g/mol. The Morgan fingerprint density at radius 3 is 2.38 bits per heavy atom. The summed E-state index contributed by atoms with van der Waals surface area (Å²) in [6, 6.07) is 8.28. The Bertz CT molecular complexity index is 702. The third-order valence-electron chi connectivity index (χ3n) is 4.45. The lowest BCUT2D eigenvalue weighted by molar-refractivity contribution is 0.0577. The van der Waals surface area contributed by atoms with Gasteiger partial charge in [-0.05, 0) is 24.6 Å². The second-order valence-corrected chi connectivity index (χ2v) is 7.27. The van der Waals surface area contributed by atoms with E-state index >= 15 is 0 Å². The van der Waals surface area contributed by atoms with Crippen molar-refractivity contribution >= 4 is 53.7 Å². The number of nitrogens with two attached hydrogens (primary N) is 1. The maximum Gasteiger partial charge on any atom is 0.273 e. The lowest BCUT2D eigenvalue weighted by atomic mass is 10.1. The van der Waals surface area contributed by atoms with Gasteiger partial charge < -0.3 is 10.6 Å². The van der Waals surface area contributed by atoms with Gasteiger partial charge in [0.2, 0.25) is 0 Å². The summed E-state index contributed by atoms with van der Waals surface area (Å²) in [5, 5.41) is 3.35. The molecule has 0 radical (unpaired) electrons. The zero-order valence-electron chi connectivity index (χ0n) is 14.4. The Balaban J connectivity index is 0.00000169. The highest BCUT2D eigenvalue weighted by atomic mass is 35.5. The summed E-state index contributed by atoms with van der Waals surface area (Å²) in [5.74, 6) is 0.00439. The minimum absolute atomic E-state index is 0. The van der Waals surface area contributed by atoms with Crippen LogP contribution in [0.3, 0.4) is 0 Å². The van der Waals surface area contributed by atoms with Gasteiger partial charge in [-0.3, -0.25) is 9.69 Å². The molecular formula is C17H23Cl3N4OS. The Morgan fingerprint density at radius 1 is 1.23 bits per heavy atom. The van der Waals surface area contributed by atoms with Gasteiger partial charge in [-0.2, -0.15) is 0 Å². The average Bonchev–Trinajstić information content (AvgIpc) is 3.10. The average molecular weight is 438 g/mol. The zero-order valence-corrected chi connectivity index (χ0v) is 17.6.